The van der Waals surface area contributed by atoms with Gasteiger partial charge in [0.25, 0.3) is 5.56 Å². The van der Waals surface area contributed by atoms with Crippen LogP contribution in [0.4, 0.5) is 5.69 Å². The Kier molecular flexibility index (Phi) is 6.05. The minimum Gasteiger partial charge on any atom is -0.323 e. The maximum atomic E-state index is 12.0. The Hall–Kier alpha value is -1.33. The molecule has 1 aromatic heterocycles. The number of rotatable bonds is 3. The van der Waals surface area contributed by atoms with Gasteiger partial charge in [0.2, 0.25) is 5.91 Å². The topological polar surface area (TPSA) is 63.1 Å². The molecule has 0 radical (unpaired) electrons. The molecule has 2 heterocycles. The predicted octanol–water partition coefficient (Wildman–Crippen LogP) is 1.37. The molecule has 1 aliphatic rings. The van der Waals surface area contributed by atoms with Crippen molar-refractivity contribution in [2.24, 2.45) is 0 Å². The number of piperidine rings is 1. The molecule has 0 bridgehead atoms. The van der Waals surface area contributed by atoms with Crippen LogP contribution >= 0.6 is 12.4 Å². The van der Waals surface area contributed by atoms with Crippen LogP contribution in [0.25, 0.3) is 0 Å². The number of nitrogens with one attached hydrogen (secondary N) is 2. The fraction of sp³-hybridized carbons (Fsp3) is 0.538. The Morgan fingerprint density at radius 1 is 1.47 bits per heavy atom. The lowest BCUT2D eigenvalue weighted by Crippen LogP contribution is -2.43. The summed E-state index contributed by atoms with van der Waals surface area (Å²) in [6.07, 6.45) is 4.77. The van der Waals surface area contributed by atoms with Crippen LogP contribution in [-0.2, 0) is 11.3 Å². The Bertz CT molecular complexity index is 481. The smallest absolute Gasteiger partial charge is 0.250 e. The minimum atomic E-state index is -0.110. The second kappa shape index (κ2) is 7.31. The summed E-state index contributed by atoms with van der Waals surface area (Å²) in [5.74, 6) is -0.0176. The molecule has 2 rings (SSSR count). The van der Waals surface area contributed by atoms with E-state index in [9.17, 15) is 9.59 Å². The number of aromatic nitrogens is 1. The summed E-state index contributed by atoms with van der Waals surface area (Å²) in [6.45, 7) is 3.40. The first-order valence-electron chi connectivity index (χ1n) is 6.45. The zero-order valence-electron chi connectivity index (χ0n) is 11.0. The molecular formula is C13H20ClN3O2. The number of carbonyl (C=O) groups is 1. The van der Waals surface area contributed by atoms with Crippen molar-refractivity contribution in [2.45, 2.75) is 38.8 Å². The fourth-order valence-corrected chi connectivity index (χ4v) is 2.16. The van der Waals surface area contributed by atoms with Gasteiger partial charge in [0.05, 0.1) is 11.7 Å². The van der Waals surface area contributed by atoms with E-state index in [0.717, 1.165) is 25.8 Å². The molecule has 106 valence electrons. The molecule has 0 aromatic carbocycles. The van der Waals surface area contributed by atoms with Crippen molar-refractivity contribution in [2.75, 3.05) is 11.9 Å². The maximum absolute atomic E-state index is 12.0. The van der Waals surface area contributed by atoms with Gasteiger partial charge in [0, 0.05) is 18.8 Å². The number of amides is 1. The standard InChI is InChI=1S/C13H19N3O2.ClH/c1-2-16-9-10(6-7-12(16)17)15-13(18)11-5-3-4-8-14-11;/h6-7,9,11,14H,2-5,8H2,1H3,(H,15,18);1H. The third-order valence-corrected chi connectivity index (χ3v) is 3.22. The molecule has 2 N–H and O–H groups in total. The normalized spacial score (nSPS) is 18.5. The summed E-state index contributed by atoms with van der Waals surface area (Å²) in [7, 11) is 0. The van der Waals surface area contributed by atoms with Crippen molar-refractivity contribution < 1.29 is 4.79 Å². The highest BCUT2D eigenvalue weighted by Gasteiger charge is 2.20. The molecule has 1 fully saturated rings. The molecule has 1 atom stereocenters. The van der Waals surface area contributed by atoms with Crippen molar-refractivity contribution in [1.29, 1.82) is 0 Å². The van der Waals surface area contributed by atoms with Crippen LogP contribution in [0.2, 0.25) is 0 Å². The van der Waals surface area contributed by atoms with Crippen molar-refractivity contribution in [3.05, 3.63) is 28.7 Å². The average Bonchev–Trinajstić information content (AvgIpc) is 2.42. The SMILES string of the molecule is CCn1cc(NC(=O)C2CCCCN2)ccc1=O.Cl. The second-order valence-electron chi connectivity index (χ2n) is 4.53. The van der Waals surface area contributed by atoms with E-state index in [2.05, 4.69) is 10.6 Å². The quantitative estimate of drug-likeness (QED) is 0.882. The molecule has 1 unspecified atom stereocenters. The molecule has 0 spiro atoms. The number of halogens is 1. The van der Waals surface area contributed by atoms with Gasteiger partial charge in [-0.3, -0.25) is 9.59 Å². The third-order valence-electron chi connectivity index (χ3n) is 3.22. The lowest BCUT2D eigenvalue weighted by molar-refractivity contribution is -0.118. The van der Waals surface area contributed by atoms with E-state index in [-0.39, 0.29) is 29.9 Å². The average molecular weight is 286 g/mol. The maximum Gasteiger partial charge on any atom is 0.250 e. The zero-order chi connectivity index (χ0) is 13.0. The first-order chi connectivity index (χ1) is 8.70. The van der Waals surface area contributed by atoms with Crippen molar-refractivity contribution in [3.8, 4) is 0 Å². The minimum absolute atomic E-state index is 0. The van der Waals surface area contributed by atoms with E-state index >= 15 is 0 Å². The molecule has 19 heavy (non-hydrogen) atoms. The predicted molar refractivity (Wildman–Crippen MR) is 77.9 cm³/mol. The number of aryl methyl sites for hydroxylation is 1. The molecule has 1 amide bonds. The van der Waals surface area contributed by atoms with E-state index < -0.39 is 0 Å². The van der Waals surface area contributed by atoms with Crippen LogP contribution in [0.15, 0.2) is 23.1 Å². The van der Waals surface area contributed by atoms with Crippen molar-refractivity contribution in [1.82, 2.24) is 9.88 Å². The highest BCUT2D eigenvalue weighted by atomic mass is 35.5. The van der Waals surface area contributed by atoms with Crippen LogP contribution in [0.3, 0.4) is 0 Å². The Morgan fingerprint density at radius 2 is 2.26 bits per heavy atom. The van der Waals surface area contributed by atoms with Gasteiger partial charge in [-0.15, -0.1) is 12.4 Å². The van der Waals surface area contributed by atoms with Gasteiger partial charge in [0.1, 0.15) is 0 Å². The third kappa shape index (κ3) is 4.08. The number of hydrogen-bond acceptors (Lipinski definition) is 3. The molecule has 0 aliphatic carbocycles. The van der Waals surface area contributed by atoms with Gasteiger partial charge in [-0.25, -0.2) is 0 Å². The monoisotopic (exact) mass is 285 g/mol. The van der Waals surface area contributed by atoms with Gasteiger partial charge < -0.3 is 15.2 Å². The van der Waals surface area contributed by atoms with Crippen LogP contribution in [0, 0.1) is 0 Å². The van der Waals surface area contributed by atoms with Gasteiger partial charge in [0.15, 0.2) is 0 Å². The number of hydrogen-bond donors (Lipinski definition) is 2. The molecule has 1 aromatic rings. The van der Waals surface area contributed by atoms with Crippen LogP contribution in [0.5, 0.6) is 0 Å². The number of carbonyl (C=O) groups excluding carboxylic acids is 1. The van der Waals surface area contributed by atoms with E-state index in [1.54, 1.807) is 16.8 Å². The molecule has 0 saturated carbocycles. The molecule has 5 nitrogen and oxygen atoms in total. The van der Waals surface area contributed by atoms with E-state index in [4.69, 9.17) is 0 Å². The Morgan fingerprint density at radius 3 is 2.89 bits per heavy atom. The van der Waals surface area contributed by atoms with Crippen molar-refractivity contribution in [3.63, 3.8) is 0 Å². The lowest BCUT2D eigenvalue weighted by atomic mass is 10.0. The second-order valence-corrected chi connectivity index (χ2v) is 4.53. The van der Waals surface area contributed by atoms with Crippen LogP contribution in [-0.4, -0.2) is 23.1 Å². The number of pyridine rings is 1. The zero-order valence-corrected chi connectivity index (χ0v) is 11.8. The van der Waals surface area contributed by atoms with Crippen molar-refractivity contribution >= 4 is 24.0 Å². The fourth-order valence-electron chi connectivity index (χ4n) is 2.16. The Labute approximate surface area is 118 Å². The van der Waals surface area contributed by atoms with Crippen LogP contribution < -0.4 is 16.2 Å². The molecule has 6 heteroatoms. The number of anilines is 1. The van der Waals surface area contributed by atoms with Gasteiger partial charge >= 0.3 is 0 Å². The van der Waals surface area contributed by atoms with E-state index in [0.29, 0.717) is 12.2 Å². The molecule has 1 aliphatic heterocycles. The van der Waals surface area contributed by atoms with Gasteiger partial charge in [-0.1, -0.05) is 6.42 Å². The van der Waals surface area contributed by atoms with Crippen LogP contribution in [0.1, 0.15) is 26.2 Å². The van der Waals surface area contributed by atoms with E-state index in [1.165, 1.54) is 6.07 Å². The summed E-state index contributed by atoms with van der Waals surface area (Å²) in [5.41, 5.74) is 0.625. The summed E-state index contributed by atoms with van der Waals surface area (Å²) >= 11 is 0. The number of nitrogens with zero attached hydrogens (tertiary/aromatic N) is 1. The first-order valence-corrected chi connectivity index (χ1v) is 6.45. The van der Waals surface area contributed by atoms with Gasteiger partial charge in [-0.05, 0) is 32.4 Å². The lowest BCUT2D eigenvalue weighted by Gasteiger charge is -2.22. The Balaban J connectivity index is 0.00000180. The highest BCUT2D eigenvalue weighted by molar-refractivity contribution is 5.94. The van der Waals surface area contributed by atoms with E-state index in [1.807, 2.05) is 6.92 Å². The van der Waals surface area contributed by atoms with Gasteiger partial charge in [-0.2, -0.15) is 0 Å². The first kappa shape index (κ1) is 15.7. The largest absolute Gasteiger partial charge is 0.323 e. The summed E-state index contributed by atoms with van der Waals surface area (Å²) < 4.78 is 1.57. The summed E-state index contributed by atoms with van der Waals surface area (Å²) in [5, 5.41) is 6.05. The molecule has 1 saturated heterocycles. The summed E-state index contributed by atoms with van der Waals surface area (Å²) in [4.78, 5) is 23.4. The molecular weight excluding hydrogens is 266 g/mol. The summed E-state index contributed by atoms with van der Waals surface area (Å²) in [6, 6.07) is 3.02. The highest BCUT2D eigenvalue weighted by Crippen LogP contribution is 2.10.